The fraction of sp³-hybridized carbons (Fsp3) is 0.667. The number of hydrogen-bond acceptors (Lipinski definition) is 3. The SMILES string of the molecule is CN1CCNC(C2(c3cc[nH]c3)COC2)C1. The molecule has 0 radical (unpaired) electrons. The highest BCUT2D eigenvalue weighted by Gasteiger charge is 2.48. The Morgan fingerprint density at radius 3 is 2.94 bits per heavy atom. The average Bonchev–Trinajstić information content (AvgIpc) is 2.70. The molecule has 0 amide bonds. The maximum absolute atomic E-state index is 5.48. The van der Waals surface area contributed by atoms with Crippen LogP contribution in [0.5, 0.6) is 0 Å². The van der Waals surface area contributed by atoms with Crippen LogP contribution in [0.3, 0.4) is 0 Å². The number of nitrogens with zero attached hydrogens (tertiary/aromatic N) is 1. The van der Waals surface area contributed by atoms with Crippen molar-refractivity contribution in [2.75, 3.05) is 39.9 Å². The van der Waals surface area contributed by atoms with E-state index in [-0.39, 0.29) is 5.41 Å². The lowest BCUT2D eigenvalue weighted by Gasteiger charge is -2.50. The van der Waals surface area contributed by atoms with E-state index in [1.807, 2.05) is 6.20 Å². The third-order valence-corrected chi connectivity index (χ3v) is 3.94. The number of H-pyrrole nitrogens is 1. The van der Waals surface area contributed by atoms with E-state index in [4.69, 9.17) is 4.74 Å². The van der Waals surface area contributed by atoms with Gasteiger partial charge in [-0.15, -0.1) is 0 Å². The standard InChI is InChI=1S/C12H19N3O/c1-15-5-4-14-11(7-15)12(8-16-9-12)10-2-3-13-6-10/h2-3,6,11,13-14H,4-5,7-9H2,1H3. The Hall–Kier alpha value is -0.840. The van der Waals surface area contributed by atoms with Crippen LogP contribution in [0.25, 0.3) is 0 Å². The first-order valence-electron chi connectivity index (χ1n) is 5.94. The van der Waals surface area contributed by atoms with Crippen molar-refractivity contribution in [2.45, 2.75) is 11.5 Å². The van der Waals surface area contributed by atoms with Crippen LogP contribution >= 0.6 is 0 Å². The molecule has 16 heavy (non-hydrogen) atoms. The number of hydrogen-bond donors (Lipinski definition) is 2. The van der Waals surface area contributed by atoms with Crippen molar-refractivity contribution in [3.63, 3.8) is 0 Å². The molecule has 2 aliphatic rings. The fourth-order valence-corrected chi connectivity index (χ4v) is 2.79. The zero-order valence-electron chi connectivity index (χ0n) is 9.70. The first-order valence-corrected chi connectivity index (χ1v) is 5.94. The van der Waals surface area contributed by atoms with Crippen LogP contribution in [0, 0.1) is 0 Å². The predicted molar refractivity (Wildman–Crippen MR) is 62.6 cm³/mol. The second-order valence-corrected chi connectivity index (χ2v) is 5.02. The van der Waals surface area contributed by atoms with Gasteiger partial charge in [0.05, 0.1) is 18.6 Å². The largest absolute Gasteiger partial charge is 0.379 e. The molecule has 3 rings (SSSR count). The highest BCUT2D eigenvalue weighted by atomic mass is 16.5. The summed E-state index contributed by atoms with van der Waals surface area (Å²) in [7, 11) is 2.19. The van der Waals surface area contributed by atoms with Gasteiger partial charge in [-0.3, -0.25) is 0 Å². The fourth-order valence-electron chi connectivity index (χ4n) is 2.79. The van der Waals surface area contributed by atoms with Crippen molar-refractivity contribution < 1.29 is 4.74 Å². The van der Waals surface area contributed by atoms with Crippen LogP contribution in [0.4, 0.5) is 0 Å². The van der Waals surface area contributed by atoms with Crippen molar-refractivity contribution in [1.29, 1.82) is 0 Å². The van der Waals surface area contributed by atoms with Gasteiger partial charge in [0.1, 0.15) is 0 Å². The molecule has 0 saturated carbocycles. The Bertz CT molecular complexity index is 345. The van der Waals surface area contributed by atoms with E-state index >= 15 is 0 Å². The Balaban J connectivity index is 1.84. The summed E-state index contributed by atoms with van der Waals surface area (Å²) in [6.07, 6.45) is 4.11. The molecule has 0 aromatic carbocycles. The van der Waals surface area contributed by atoms with E-state index in [0.717, 1.165) is 32.8 Å². The molecule has 88 valence electrons. The molecule has 1 aromatic heterocycles. The Morgan fingerprint density at radius 1 is 1.50 bits per heavy atom. The van der Waals surface area contributed by atoms with E-state index in [9.17, 15) is 0 Å². The lowest BCUT2D eigenvalue weighted by Crippen LogP contribution is -2.66. The number of rotatable bonds is 2. The normalized spacial score (nSPS) is 29.9. The quantitative estimate of drug-likeness (QED) is 0.749. The van der Waals surface area contributed by atoms with Gasteiger partial charge in [0.2, 0.25) is 0 Å². The minimum absolute atomic E-state index is 0.189. The molecule has 0 aliphatic carbocycles. The zero-order chi connectivity index (χ0) is 11.0. The molecule has 0 spiro atoms. The molecule has 3 heterocycles. The monoisotopic (exact) mass is 221 g/mol. The molecule has 4 heteroatoms. The molecule has 1 atom stereocenters. The van der Waals surface area contributed by atoms with Crippen molar-refractivity contribution in [3.8, 4) is 0 Å². The summed E-state index contributed by atoms with van der Waals surface area (Å²) in [6.45, 7) is 5.01. The topological polar surface area (TPSA) is 40.3 Å². The van der Waals surface area contributed by atoms with Crippen molar-refractivity contribution >= 4 is 0 Å². The predicted octanol–water partition coefficient (Wildman–Crippen LogP) is 0.186. The summed E-state index contributed by atoms with van der Waals surface area (Å²) >= 11 is 0. The second kappa shape index (κ2) is 3.87. The van der Waals surface area contributed by atoms with E-state index < -0.39 is 0 Å². The van der Waals surface area contributed by atoms with Gasteiger partial charge in [-0.2, -0.15) is 0 Å². The number of piperazine rings is 1. The summed E-state index contributed by atoms with van der Waals surface area (Å²) in [5, 5.41) is 3.64. The first-order chi connectivity index (χ1) is 7.81. The highest BCUT2D eigenvalue weighted by Crippen LogP contribution is 2.36. The highest BCUT2D eigenvalue weighted by molar-refractivity contribution is 5.29. The lowest BCUT2D eigenvalue weighted by atomic mass is 9.72. The summed E-state index contributed by atoms with van der Waals surface area (Å²) in [4.78, 5) is 5.55. The minimum Gasteiger partial charge on any atom is -0.379 e. The molecule has 4 nitrogen and oxygen atoms in total. The summed E-state index contributed by atoms with van der Waals surface area (Å²) in [5.41, 5.74) is 1.57. The Morgan fingerprint density at radius 2 is 2.38 bits per heavy atom. The van der Waals surface area contributed by atoms with Crippen LogP contribution < -0.4 is 5.32 Å². The summed E-state index contributed by atoms with van der Waals surface area (Å²) in [6, 6.07) is 2.69. The number of aromatic amines is 1. The van der Waals surface area contributed by atoms with Crippen molar-refractivity contribution in [3.05, 3.63) is 24.0 Å². The van der Waals surface area contributed by atoms with Gasteiger partial charge in [0, 0.05) is 38.1 Å². The van der Waals surface area contributed by atoms with Gasteiger partial charge in [0.25, 0.3) is 0 Å². The van der Waals surface area contributed by atoms with Crippen LogP contribution in [0.15, 0.2) is 18.5 Å². The van der Waals surface area contributed by atoms with Gasteiger partial charge in [0.15, 0.2) is 0 Å². The molecule has 0 bridgehead atoms. The second-order valence-electron chi connectivity index (χ2n) is 5.02. The molecular weight excluding hydrogens is 202 g/mol. The molecular formula is C12H19N3O. The Labute approximate surface area is 96.0 Å². The smallest absolute Gasteiger partial charge is 0.0601 e. The molecule has 1 aromatic rings. The van der Waals surface area contributed by atoms with Gasteiger partial charge >= 0.3 is 0 Å². The van der Waals surface area contributed by atoms with E-state index in [1.54, 1.807) is 0 Å². The van der Waals surface area contributed by atoms with Crippen LogP contribution in [-0.4, -0.2) is 55.8 Å². The zero-order valence-corrected chi connectivity index (χ0v) is 9.70. The maximum Gasteiger partial charge on any atom is 0.0601 e. The molecule has 2 fully saturated rings. The molecule has 1 unspecified atom stereocenters. The number of likely N-dealkylation sites (N-methyl/N-ethyl adjacent to an activating group) is 1. The average molecular weight is 221 g/mol. The van der Waals surface area contributed by atoms with Crippen molar-refractivity contribution in [1.82, 2.24) is 15.2 Å². The van der Waals surface area contributed by atoms with Gasteiger partial charge in [-0.05, 0) is 18.7 Å². The van der Waals surface area contributed by atoms with Gasteiger partial charge in [-0.25, -0.2) is 0 Å². The Kier molecular flexibility index (Phi) is 2.50. The van der Waals surface area contributed by atoms with E-state index in [2.05, 4.69) is 34.5 Å². The number of ether oxygens (including phenoxy) is 1. The third kappa shape index (κ3) is 1.49. The summed E-state index contributed by atoms with van der Waals surface area (Å²) in [5.74, 6) is 0. The van der Waals surface area contributed by atoms with Gasteiger partial charge < -0.3 is 19.9 Å². The lowest BCUT2D eigenvalue weighted by molar-refractivity contribution is -0.0864. The molecule has 2 aliphatic heterocycles. The number of nitrogens with one attached hydrogen (secondary N) is 2. The molecule has 2 saturated heterocycles. The van der Waals surface area contributed by atoms with Gasteiger partial charge in [-0.1, -0.05) is 0 Å². The van der Waals surface area contributed by atoms with Crippen LogP contribution in [-0.2, 0) is 10.2 Å². The first kappa shape index (κ1) is 10.3. The van der Waals surface area contributed by atoms with Crippen molar-refractivity contribution in [2.24, 2.45) is 0 Å². The van der Waals surface area contributed by atoms with Crippen LogP contribution in [0.1, 0.15) is 5.56 Å². The summed E-state index contributed by atoms with van der Waals surface area (Å²) < 4.78 is 5.48. The van der Waals surface area contributed by atoms with Crippen LogP contribution in [0.2, 0.25) is 0 Å². The maximum atomic E-state index is 5.48. The third-order valence-electron chi connectivity index (χ3n) is 3.94. The molecule has 2 N–H and O–H groups in total. The minimum atomic E-state index is 0.189. The number of aromatic nitrogens is 1. The van der Waals surface area contributed by atoms with E-state index in [0.29, 0.717) is 6.04 Å². The van der Waals surface area contributed by atoms with E-state index in [1.165, 1.54) is 5.56 Å².